The van der Waals surface area contributed by atoms with Crippen LogP contribution in [-0.2, 0) is 17.8 Å². The van der Waals surface area contributed by atoms with Gasteiger partial charge >= 0.3 is 5.97 Å². The van der Waals surface area contributed by atoms with E-state index in [0.717, 1.165) is 17.0 Å². The number of rotatable bonds is 5. The number of carbonyl (C=O) groups is 1. The van der Waals surface area contributed by atoms with Crippen molar-refractivity contribution in [2.45, 2.75) is 32.4 Å². The number of benzene rings is 1. The Morgan fingerprint density at radius 2 is 2.17 bits per heavy atom. The van der Waals surface area contributed by atoms with E-state index in [1.165, 1.54) is 0 Å². The van der Waals surface area contributed by atoms with Crippen molar-refractivity contribution in [2.75, 3.05) is 13.1 Å². The molecule has 6 nitrogen and oxygen atoms in total. The Kier molecular flexibility index (Phi) is 4.69. The van der Waals surface area contributed by atoms with Crippen molar-refractivity contribution in [3.63, 3.8) is 0 Å². The molecule has 2 heterocycles. The molecule has 1 aromatic carbocycles. The molecule has 0 spiro atoms. The van der Waals surface area contributed by atoms with Crippen molar-refractivity contribution >= 4 is 5.97 Å². The Hall–Kier alpha value is -2.18. The maximum Gasteiger partial charge on any atom is 0.313 e. The summed E-state index contributed by atoms with van der Waals surface area (Å²) in [7, 11) is 0. The normalized spacial score (nSPS) is 24.8. The molecule has 0 radical (unpaired) electrons. The fourth-order valence-electron chi connectivity index (χ4n) is 3.48. The molecular formula is C18H23N3O3. The lowest BCUT2D eigenvalue weighted by Gasteiger charge is -2.43. The maximum absolute atomic E-state index is 12.1. The molecule has 24 heavy (non-hydrogen) atoms. The minimum absolute atomic E-state index is 0.310. The highest BCUT2D eigenvalue weighted by molar-refractivity contribution is 5.76. The van der Waals surface area contributed by atoms with E-state index in [1.54, 1.807) is 6.33 Å². The predicted molar refractivity (Wildman–Crippen MR) is 89.4 cm³/mol. The summed E-state index contributed by atoms with van der Waals surface area (Å²) in [6.45, 7) is 3.52. The third-order valence-electron chi connectivity index (χ3n) is 4.96. The topological polar surface area (TPSA) is 89.5 Å². The van der Waals surface area contributed by atoms with Crippen LogP contribution in [0.3, 0.4) is 0 Å². The van der Waals surface area contributed by atoms with E-state index in [1.807, 2.05) is 37.3 Å². The molecule has 1 saturated heterocycles. The highest BCUT2D eigenvalue weighted by atomic mass is 16.4. The molecule has 0 aliphatic carbocycles. The molecule has 1 fully saturated rings. The molecule has 3 N–H and O–H groups in total. The van der Waals surface area contributed by atoms with Gasteiger partial charge < -0.3 is 15.2 Å². The molecule has 128 valence electrons. The van der Waals surface area contributed by atoms with Crippen molar-refractivity contribution in [3.05, 3.63) is 53.6 Å². The van der Waals surface area contributed by atoms with Crippen LogP contribution >= 0.6 is 0 Å². The Morgan fingerprint density at radius 3 is 2.79 bits per heavy atom. The molecule has 2 atom stereocenters. The van der Waals surface area contributed by atoms with E-state index in [-0.39, 0.29) is 0 Å². The standard InChI is InChI=1S/C18H23N3O3/c1-13-15(20-12-19-13)10-21-8-7-16(22)18(11-21,17(23)24)9-14-5-3-2-4-6-14/h2-6,12,16,22H,7-11H2,1H3,(H,19,20)(H,23,24)/t16-,18+/m0/s1. The first-order valence-corrected chi connectivity index (χ1v) is 8.18. The number of aliphatic carboxylic acids is 1. The van der Waals surface area contributed by atoms with Gasteiger partial charge in [-0.2, -0.15) is 0 Å². The average Bonchev–Trinajstić information content (AvgIpc) is 2.96. The van der Waals surface area contributed by atoms with Gasteiger partial charge in [0.05, 0.1) is 18.1 Å². The number of hydrogen-bond donors (Lipinski definition) is 3. The predicted octanol–water partition coefficient (Wildman–Crippen LogP) is 1.60. The molecule has 6 heteroatoms. The second-order valence-corrected chi connectivity index (χ2v) is 6.61. The summed E-state index contributed by atoms with van der Waals surface area (Å²) in [6, 6.07) is 9.51. The first-order valence-electron chi connectivity index (χ1n) is 8.18. The molecule has 0 unspecified atom stereocenters. The van der Waals surface area contributed by atoms with Gasteiger partial charge in [0.1, 0.15) is 5.41 Å². The third-order valence-corrected chi connectivity index (χ3v) is 4.96. The summed E-state index contributed by atoms with van der Waals surface area (Å²) in [4.78, 5) is 21.5. The lowest BCUT2D eigenvalue weighted by atomic mass is 9.73. The largest absolute Gasteiger partial charge is 0.481 e. The average molecular weight is 329 g/mol. The van der Waals surface area contributed by atoms with Crippen molar-refractivity contribution in [1.29, 1.82) is 0 Å². The second-order valence-electron chi connectivity index (χ2n) is 6.61. The van der Waals surface area contributed by atoms with Crippen LogP contribution in [0.5, 0.6) is 0 Å². The summed E-state index contributed by atoms with van der Waals surface area (Å²) in [5.74, 6) is -0.942. The van der Waals surface area contributed by atoms with Gasteiger partial charge in [0, 0.05) is 25.3 Å². The number of aryl methyl sites for hydroxylation is 1. The molecule has 0 saturated carbocycles. The van der Waals surface area contributed by atoms with Crippen molar-refractivity contribution in [1.82, 2.24) is 14.9 Å². The number of nitrogens with zero attached hydrogens (tertiary/aromatic N) is 2. The van der Waals surface area contributed by atoms with E-state index < -0.39 is 17.5 Å². The van der Waals surface area contributed by atoms with Gasteiger partial charge in [0.2, 0.25) is 0 Å². The number of aliphatic hydroxyl groups is 1. The molecule has 1 aliphatic heterocycles. The number of aromatic amines is 1. The molecule has 1 aromatic heterocycles. The molecule has 1 aliphatic rings. The third kappa shape index (κ3) is 3.20. The van der Waals surface area contributed by atoms with E-state index in [4.69, 9.17) is 0 Å². The molecule has 0 amide bonds. The number of imidazole rings is 1. The van der Waals surface area contributed by atoms with Crippen LogP contribution in [0, 0.1) is 12.3 Å². The summed E-state index contributed by atoms with van der Waals surface area (Å²) < 4.78 is 0. The van der Waals surface area contributed by atoms with Crippen molar-refractivity contribution in [2.24, 2.45) is 5.41 Å². The highest BCUT2D eigenvalue weighted by Crippen LogP contribution is 2.35. The number of H-pyrrole nitrogens is 1. The lowest BCUT2D eigenvalue weighted by molar-refractivity contribution is -0.163. The van der Waals surface area contributed by atoms with Gasteiger partial charge in [-0.05, 0) is 25.3 Å². The first kappa shape index (κ1) is 16.7. The van der Waals surface area contributed by atoms with Crippen LogP contribution in [0.1, 0.15) is 23.4 Å². The zero-order valence-electron chi connectivity index (χ0n) is 13.8. The van der Waals surface area contributed by atoms with E-state index in [0.29, 0.717) is 32.5 Å². The zero-order chi connectivity index (χ0) is 17.2. The van der Waals surface area contributed by atoms with Crippen LogP contribution in [0.4, 0.5) is 0 Å². The van der Waals surface area contributed by atoms with Crippen LogP contribution in [0.25, 0.3) is 0 Å². The molecular weight excluding hydrogens is 306 g/mol. The smallest absolute Gasteiger partial charge is 0.313 e. The lowest BCUT2D eigenvalue weighted by Crippen LogP contribution is -2.56. The number of nitrogens with one attached hydrogen (secondary N) is 1. The van der Waals surface area contributed by atoms with E-state index in [9.17, 15) is 15.0 Å². The van der Waals surface area contributed by atoms with E-state index >= 15 is 0 Å². The second kappa shape index (κ2) is 6.75. The van der Waals surface area contributed by atoms with Crippen molar-refractivity contribution in [3.8, 4) is 0 Å². The number of aliphatic hydroxyl groups excluding tert-OH is 1. The number of carboxylic acid groups (broad SMARTS) is 1. The Bertz CT molecular complexity index is 701. The minimum atomic E-state index is -1.19. The Balaban J connectivity index is 1.83. The SMILES string of the molecule is Cc1[nH]cnc1CN1CC[C@H](O)[C@](Cc2ccccc2)(C(=O)O)C1. The van der Waals surface area contributed by atoms with E-state index in [2.05, 4.69) is 14.9 Å². The van der Waals surface area contributed by atoms with Crippen molar-refractivity contribution < 1.29 is 15.0 Å². The Morgan fingerprint density at radius 1 is 1.42 bits per heavy atom. The maximum atomic E-state index is 12.1. The highest BCUT2D eigenvalue weighted by Gasteiger charge is 2.49. The minimum Gasteiger partial charge on any atom is -0.481 e. The van der Waals surface area contributed by atoms with Gasteiger partial charge in [-0.1, -0.05) is 30.3 Å². The zero-order valence-corrected chi connectivity index (χ0v) is 13.8. The molecule has 3 rings (SSSR count). The first-order chi connectivity index (χ1) is 11.5. The monoisotopic (exact) mass is 329 g/mol. The van der Waals surface area contributed by atoms with Crippen LogP contribution in [0.2, 0.25) is 0 Å². The summed E-state index contributed by atoms with van der Waals surface area (Å²) in [5.41, 5.74) is 1.65. The van der Waals surface area contributed by atoms with Gasteiger partial charge in [0.15, 0.2) is 0 Å². The van der Waals surface area contributed by atoms with Gasteiger partial charge in [-0.15, -0.1) is 0 Å². The van der Waals surface area contributed by atoms with Crippen LogP contribution in [0.15, 0.2) is 36.7 Å². The summed E-state index contributed by atoms with van der Waals surface area (Å²) >= 11 is 0. The number of likely N-dealkylation sites (tertiary alicyclic amines) is 1. The molecule has 0 bridgehead atoms. The van der Waals surface area contributed by atoms with Crippen LogP contribution < -0.4 is 0 Å². The number of aromatic nitrogens is 2. The quantitative estimate of drug-likeness (QED) is 0.775. The Labute approximate surface area is 141 Å². The number of piperidine rings is 1. The van der Waals surface area contributed by atoms with Gasteiger partial charge in [-0.25, -0.2) is 4.98 Å². The van der Waals surface area contributed by atoms with Crippen LogP contribution in [-0.4, -0.2) is 50.2 Å². The summed E-state index contributed by atoms with van der Waals surface area (Å²) in [5, 5.41) is 20.4. The fourth-order valence-corrected chi connectivity index (χ4v) is 3.48. The number of hydrogen-bond acceptors (Lipinski definition) is 4. The van der Waals surface area contributed by atoms with Gasteiger partial charge in [0.25, 0.3) is 0 Å². The molecule has 2 aromatic rings. The summed E-state index contributed by atoms with van der Waals surface area (Å²) in [6.07, 6.45) is 1.56. The number of carboxylic acids is 1. The fraction of sp³-hybridized carbons (Fsp3) is 0.444. The van der Waals surface area contributed by atoms with Gasteiger partial charge in [-0.3, -0.25) is 9.69 Å².